The van der Waals surface area contributed by atoms with Gasteiger partial charge in [0.25, 0.3) is 0 Å². The summed E-state index contributed by atoms with van der Waals surface area (Å²) in [4.78, 5) is 0. The van der Waals surface area contributed by atoms with Gasteiger partial charge in [0.15, 0.2) is 6.61 Å². The van der Waals surface area contributed by atoms with Crippen LogP contribution in [0.15, 0.2) is 53.7 Å². The first kappa shape index (κ1) is 18.2. The zero-order chi connectivity index (χ0) is 18.6. The van der Waals surface area contributed by atoms with E-state index in [1.54, 1.807) is 16.8 Å². The fourth-order valence-electron chi connectivity index (χ4n) is 2.23. The first-order chi connectivity index (χ1) is 12.4. The van der Waals surface area contributed by atoms with Gasteiger partial charge < -0.3 is 4.74 Å². The van der Waals surface area contributed by atoms with E-state index in [1.807, 2.05) is 37.3 Å². The number of thioether (sulfide) groups is 1. The molecule has 0 radical (unpaired) electrons. The summed E-state index contributed by atoms with van der Waals surface area (Å²) in [6.07, 6.45) is -4.36. The molecule has 0 aliphatic heterocycles. The van der Waals surface area contributed by atoms with Crippen molar-refractivity contribution in [3.63, 3.8) is 0 Å². The molecule has 0 N–H and O–H groups in total. The number of alkyl halides is 3. The summed E-state index contributed by atoms with van der Waals surface area (Å²) in [5, 5.41) is 12.3. The van der Waals surface area contributed by atoms with Crippen LogP contribution in [0.4, 0.5) is 13.2 Å². The zero-order valence-corrected chi connectivity index (χ0v) is 14.6. The molecule has 0 saturated heterocycles. The smallest absolute Gasteiger partial charge is 0.422 e. The summed E-state index contributed by atoms with van der Waals surface area (Å²) in [6.45, 7) is 0.669. The molecular formula is C17H15F3N4OS. The molecule has 0 bridgehead atoms. The molecule has 3 aromatic rings. The van der Waals surface area contributed by atoms with Gasteiger partial charge in [-0.05, 0) is 52.7 Å². The minimum Gasteiger partial charge on any atom is -0.484 e. The van der Waals surface area contributed by atoms with Crippen molar-refractivity contribution in [3.05, 3.63) is 59.7 Å². The summed E-state index contributed by atoms with van der Waals surface area (Å²) >= 11 is 1.39. The van der Waals surface area contributed by atoms with Crippen LogP contribution in [0.25, 0.3) is 5.69 Å². The second kappa shape index (κ2) is 7.77. The Labute approximate surface area is 152 Å². The van der Waals surface area contributed by atoms with Crippen molar-refractivity contribution in [2.45, 2.75) is 24.0 Å². The molecule has 2 aromatic carbocycles. The molecule has 0 unspecified atom stereocenters. The third kappa shape index (κ3) is 4.98. The third-order valence-electron chi connectivity index (χ3n) is 3.36. The lowest BCUT2D eigenvalue weighted by atomic mass is 10.2. The largest absolute Gasteiger partial charge is 0.484 e. The topological polar surface area (TPSA) is 52.8 Å². The Kier molecular flexibility index (Phi) is 5.46. The van der Waals surface area contributed by atoms with Gasteiger partial charge in [-0.2, -0.15) is 17.9 Å². The van der Waals surface area contributed by atoms with Gasteiger partial charge in [-0.3, -0.25) is 0 Å². The van der Waals surface area contributed by atoms with Crippen LogP contribution >= 0.6 is 11.8 Å². The van der Waals surface area contributed by atoms with Crippen LogP contribution < -0.4 is 4.74 Å². The van der Waals surface area contributed by atoms with Crippen LogP contribution in [0.3, 0.4) is 0 Å². The zero-order valence-electron chi connectivity index (χ0n) is 13.8. The van der Waals surface area contributed by atoms with Crippen molar-refractivity contribution in [1.29, 1.82) is 0 Å². The molecule has 0 spiro atoms. The first-order valence-corrected chi connectivity index (χ1v) is 8.66. The number of ether oxygens (including phenoxy) is 1. The molecule has 0 fully saturated rings. The van der Waals surface area contributed by atoms with Gasteiger partial charge in [-0.15, -0.1) is 5.10 Å². The van der Waals surface area contributed by atoms with Gasteiger partial charge in [0, 0.05) is 5.75 Å². The molecular weight excluding hydrogens is 365 g/mol. The third-order valence-corrected chi connectivity index (χ3v) is 4.35. The van der Waals surface area contributed by atoms with Gasteiger partial charge in [0.1, 0.15) is 5.75 Å². The average Bonchev–Trinajstić information content (AvgIpc) is 3.07. The Morgan fingerprint density at radius 3 is 2.69 bits per heavy atom. The van der Waals surface area contributed by atoms with Crippen molar-refractivity contribution >= 4 is 11.8 Å². The van der Waals surface area contributed by atoms with Crippen LogP contribution in [-0.2, 0) is 5.75 Å². The van der Waals surface area contributed by atoms with E-state index in [1.165, 1.54) is 17.8 Å². The summed E-state index contributed by atoms with van der Waals surface area (Å²) in [5.74, 6) is 0.675. The van der Waals surface area contributed by atoms with E-state index >= 15 is 0 Å². The van der Waals surface area contributed by atoms with Crippen LogP contribution in [0.1, 0.15) is 11.1 Å². The van der Waals surface area contributed by atoms with E-state index in [4.69, 9.17) is 4.74 Å². The van der Waals surface area contributed by atoms with Crippen LogP contribution in [0, 0.1) is 6.92 Å². The fourth-order valence-corrected chi connectivity index (χ4v) is 3.06. The maximum Gasteiger partial charge on any atom is 0.422 e. The van der Waals surface area contributed by atoms with Crippen molar-refractivity contribution < 1.29 is 17.9 Å². The molecule has 1 heterocycles. The SMILES string of the molecule is Cc1cccc(-n2nnnc2SCc2cccc(OCC(F)(F)F)c2)c1. The molecule has 0 saturated carbocycles. The van der Waals surface area contributed by atoms with E-state index in [0.29, 0.717) is 10.9 Å². The number of tetrazole rings is 1. The van der Waals surface area contributed by atoms with Crippen molar-refractivity contribution in [2.75, 3.05) is 6.61 Å². The molecule has 1 aromatic heterocycles. The predicted molar refractivity (Wildman–Crippen MR) is 91.4 cm³/mol. The number of aromatic nitrogens is 4. The minimum atomic E-state index is -4.36. The normalized spacial score (nSPS) is 11.5. The minimum absolute atomic E-state index is 0.179. The van der Waals surface area contributed by atoms with Crippen molar-refractivity contribution in [3.8, 4) is 11.4 Å². The van der Waals surface area contributed by atoms with Crippen LogP contribution in [-0.4, -0.2) is 33.0 Å². The molecule has 0 aliphatic rings. The molecule has 9 heteroatoms. The summed E-state index contributed by atoms with van der Waals surface area (Å²) < 4.78 is 43.2. The van der Waals surface area contributed by atoms with E-state index in [9.17, 15) is 13.2 Å². The fraction of sp³-hybridized carbons (Fsp3) is 0.235. The number of hydrogen-bond acceptors (Lipinski definition) is 5. The van der Waals surface area contributed by atoms with Crippen LogP contribution in [0.2, 0.25) is 0 Å². The Morgan fingerprint density at radius 2 is 1.92 bits per heavy atom. The van der Waals surface area contributed by atoms with E-state index < -0.39 is 12.8 Å². The van der Waals surface area contributed by atoms with Gasteiger partial charge in [-0.1, -0.05) is 36.0 Å². The monoisotopic (exact) mass is 380 g/mol. The van der Waals surface area contributed by atoms with Crippen LogP contribution in [0.5, 0.6) is 5.75 Å². The Bertz CT molecular complexity index is 882. The number of aryl methyl sites for hydroxylation is 1. The maximum absolute atomic E-state index is 12.3. The summed E-state index contributed by atoms with van der Waals surface area (Å²) in [6, 6.07) is 14.3. The Morgan fingerprint density at radius 1 is 1.12 bits per heavy atom. The highest BCUT2D eigenvalue weighted by atomic mass is 32.2. The molecule has 26 heavy (non-hydrogen) atoms. The number of halogens is 3. The van der Waals surface area contributed by atoms with E-state index in [-0.39, 0.29) is 5.75 Å². The standard InChI is InChI=1S/C17H15F3N4OS/c1-12-4-2-6-14(8-12)24-16(21-22-23-24)26-10-13-5-3-7-15(9-13)25-11-17(18,19)20/h2-9H,10-11H2,1H3. The van der Waals surface area contributed by atoms with Crippen molar-refractivity contribution in [1.82, 2.24) is 20.2 Å². The van der Waals surface area contributed by atoms with Gasteiger partial charge in [0.2, 0.25) is 5.16 Å². The second-order valence-corrected chi connectivity index (χ2v) is 6.49. The number of nitrogens with zero attached hydrogens (tertiary/aromatic N) is 4. The molecule has 3 rings (SSSR count). The number of hydrogen-bond donors (Lipinski definition) is 0. The quantitative estimate of drug-likeness (QED) is 0.600. The lowest BCUT2D eigenvalue weighted by molar-refractivity contribution is -0.153. The highest BCUT2D eigenvalue weighted by Crippen LogP contribution is 2.25. The summed E-state index contributed by atoms with van der Waals surface area (Å²) in [5.41, 5.74) is 2.75. The van der Waals surface area contributed by atoms with Gasteiger partial charge in [-0.25, -0.2) is 0 Å². The Hall–Kier alpha value is -2.55. The highest BCUT2D eigenvalue weighted by Gasteiger charge is 2.28. The lowest BCUT2D eigenvalue weighted by Gasteiger charge is -2.10. The maximum atomic E-state index is 12.3. The van der Waals surface area contributed by atoms with E-state index in [0.717, 1.165) is 16.8 Å². The molecule has 0 amide bonds. The summed E-state index contributed by atoms with van der Waals surface area (Å²) in [7, 11) is 0. The number of benzene rings is 2. The van der Waals surface area contributed by atoms with Gasteiger partial charge in [0.05, 0.1) is 5.69 Å². The van der Waals surface area contributed by atoms with Gasteiger partial charge >= 0.3 is 6.18 Å². The molecule has 5 nitrogen and oxygen atoms in total. The van der Waals surface area contributed by atoms with Crippen molar-refractivity contribution in [2.24, 2.45) is 0 Å². The Balaban J connectivity index is 1.68. The predicted octanol–water partition coefficient (Wildman–Crippen LogP) is 4.20. The van der Waals surface area contributed by atoms with E-state index in [2.05, 4.69) is 15.5 Å². The molecule has 136 valence electrons. The second-order valence-electron chi connectivity index (χ2n) is 5.55. The highest BCUT2D eigenvalue weighted by molar-refractivity contribution is 7.98. The average molecular weight is 380 g/mol. The molecule has 0 atom stereocenters. The molecule has 0 aliphatic carbocycles. The lowest BCUT2D eigenvalue weighted by Crippen LogP contribution is -2.19. The first-order valence-electron chi connectivity index (χ1n) is 7.67. The number of rotatable bonds is 6.